The summed E-state index contributed by atoms with van der Waals surface area (Å²) in [6.07, 6.45) is 4.71. The topological polar surface area (TPSA) is 62.3 Å². The van der Waals surface area contributed by atoms with E-state index in [1.807, 2.05) is 23.1 Å². The van der Waals surface area contributed by atoms with Crippen molar-refractivity contribution in [2.45, 2.75) is 45.4 Å². The summed E-state index contributed by atoms with van der Waals surface area (Å²) in [5.41, 5.74) is 2.40. The first kappa shape index (κ1) is 20.5. The molecule has 1 saturated heterocycles. The number of aryl methyl sites for hydroxylation is 2. The Morgan fingerprint density at radius 2 is 2.11 bits per heavy atom. The standard InChI is InChI=1S/C22H29N3O2S/c1-2-19-16-28-20(24-19)12-13-23-22(27)18-10-11-21(26)25(15-18)14-6-9-17-7-4-3-5-8-17/h3-5,7-8,16,18H,2,6,9-15H2,1H3,(H,23,27). The second kappa shape index (κ2) is 10.4. The fourth-order valence-electron chi connectivity index (χ4n) is 3.53. The maximum absolute atomic E-state index is 12.5. The van der Waals surface area contributed by atoms with Crippen LogP contribution >= 0.6 is 11.3 Å². The van der Waals surface area contributed by atoms with Crippen LogP contribution in [0.25, 0.3) is 0 Å². The molecule has 2 aromatic rings. The summed E-state index contributed by atoms with van der Waals surface area (Å²) in [5.74, 6) is 0.136. The molecule has 0 radical (unpaired) electrons. The van der Waals surface area contributed by atoms with Gasteiger partial charge in [-0.05, 0) is 31.2 Å². The van der Waals surface area contributed by atoms with E-state index in [0.717, 1.165) is 42.9 Å². The van der Waals surface area contributed by atoms with Crippen LogP contribution < -0.4 is 5.32 Å². The lowest BCUT2D eigenvalue weighted by Crippen LogP contribution is -2.46. The van der Waals surface area contributed by atoms with Gasteiger partial charge in [0.1, 0.15) is 0 Å². The summed E-state index contributed by atoms with van der Waals surface area (Å²) in [6.45, 7) is 3.96. The molecule has 1 aromatic heterocycles. The lowest BCUT2D eigenvalue weighted by molar-refractivity contribution is -0.138. The second-order valence-electron chi connectivity index (χ2n) is 7.29. The average Bonchev–Trinajstić information content (AvgIpc) is 3.18. The third-order valence-electron chi connectivity index (χ3n) is 5.21. The third-order valence-corrected chi connectivity index (χ3v) is 6.16. The fraction of sp³-hybridized carbons (Fsp3) is 0.500. The van der Waals surface area contributed by atoms with E-state index in [-0.39, 0.29) is 17.7 Å². The normalized spacial score (nSPS) is 17.0. The molecule has 1 fully saturated rings. The van der Waals surface area contributed by atoms with Crippen LogP contribution in [0.15, 0.2) is 35.7 Å². The highest BCUT2D eigenvalue weighted by Crippen LogP contribution is 2.19. The molecule has 5 nitrogen and oxygen atoms in total. The molecule has 1 N–H and O–H groups in total. The molecule has 0 spiro atoms. The first-order valence-electron chi connectivity index (χ1n) is 10.2. The highest BCUT2D eigenvalue weighted by molar-refractivity contribution is 7.09. The Morgan fingerprint density at radius 3 is 2.86 bits per heavy atom. The van der Waals surface area contributed by atoms with E-state index in [1.54, 1.807) is 11.3 Å². The molecular formula is C22H29N3O2S. The van der Waals surface area contributed by atoms with Crippen molar-refractivity contribution in [1.82, 2.24) is 15.2 Å². The van der Waals surface area contributed by atoms with Gasteiger partial charge in [-0.1, -0.05) is 37.3 Å². The molecule has 6 heteroatoms. The Labute approximate surface area is 171 Å². The predicted molar refractivity (Wildman–Crippen MR) is 112 cm³/mol. The van der Waals surface area contributed by atoms with Crippen LogP contribution in [0, 0.1) is 5.92 Å². The molecule has 1 aliphatic heterocycles. The number of carbonyl (C=O) groups is 2. The molecule has 1 aliphatic rings. The van der Waals surface area contributed by atoms with E-state index >= 15 is 0 Å². The zero-order valence-electron chi connectivity index (χ0n) is 16.5. The fourth-order valence-corrected chi connectivity index (χ4v) is 4.41. The van der Waals surface area contributed by atoms with Crippen molar-refractivity contribution < 1.29 is 9.59 Å². The molecule has 0 saturated carbocycles. The lowest BCUT2D eigenvalue weighted by Gasteiger charge is -2.32. The number of benzene rings is 1. The maximum Gasteiger partial charge on any atom is 0.224 e. The Morgan fingerprint density at radius 1 is 1.29 bits per heavy atom. The van der Waals surface area contributed by atoms with Gasteiger partial charge < -0.3 is 10.2 Å². The number of hydrogen-bond donors (Lipinski definition) is 1. The van der Waals surface area contributed by atoms with Gasteiger partial charge in [-0.2, -0.15) is 0 Å². The summed E-state index contributed by atoms with van der Waals surface area (Å²) < 4.78 is 0. The second-order valence-corrected chi connectivity index (χ2v) is 8.23. The van der Waals surface area contributed by atoms with Gasteiger partial charge in [-0.15, -0.1) is 11.3 Å². The SMILES string of the molecule is CCc1csc(CCNC(=O)C2CCC(=O)N(CCCc3ccccc3)C2)n1. The van der Waals surface area contributed by atoms with E-state index in [2.05, 4.69) is 34.7 Å². The number of nitrogens with one attached hydrogen (secondary N) is 1. The smallest absolute Gasteiger partial charge is 0.224 e. The van der Waals surface area contributed by atoms with Crippen LogP contribution in [0.3, 0.4) is 0 Å². The Hall–Kier alpha value is -2.21. The number of carbonyl (C=O) groups excluding carboxylic acids is 2. The Kier molecular flexibility index (Phi) is 7.60. The van der Waals surface area contributed by atoms with Crippen LogP contribution in [-0.2, 0) is 28.9 Å². The number of piperidine rings is 1. The van der Waals surface area contributed by atoms with Gasteiger partial charge >= 0.3 is 0 Å². The molecule has 0 aliphatic carbocycles. The summed E-state index contributed by atoms with van der Waals surface area (Å²) in [4.78, 5) is 31.2. The maximum atomic E-state index is 12.5. The number of amides is 2. The Bertz CT molecular complexity index is 775. The summed E-state index contributed by atoms with van der Waals surface area (Å²) in [5, 5.41) is 6.18. The molecule has 2 amide bonds. The minimum atomic E-state index is -0.100. The van der Waals surface area contributed by atoms with Crippen molar-refractivity contribution in [3.8, 4) is 0 Å². The van der Waals surface area contributed by atoms with E-state index in [1.165, 1.54) is 5.56 Å². The molecule has 2 heterocycles. The van der Waals surface area contributed by atoms with Crippen molar-refractivity contribution in [2.24, 2.45) is 5.92 Å². The largest absolute Gasteiger partial charge is 0.355 e. The zero-order valence-corrected chi connectivity index (χ0v) is 17.3. The van der Waals surface area contributed by atoms with E-state index in [4.69, 9.17) is 0 Å². The first-order valence-corrected chi connectivity index (χ1v) is 11.1. The number of aromatic nitrogens is 1. The van der Waals surface area contributed by atoms with Crippen molar-refractivity contribution in [1.29, 1.82) is 0 Å². The zero-order chi connectivity index (χ0) is 19.8. The van der Waals surface area contributed by atoms with Crippen molar-refractivity contribution in [3.05, 3.63) is 52.0 Å². The highest BCUT2D eigenvalue weighted by Gasteiger charge is 2.29. The van der Waals surface area contributed by atoms with Crippen LogP contribution in [0.5, 0.6) is 0 Å². The molecule has 1 unspecified atom stereocenters. The number of thiazole rings is 1. The van der Waals surface area contributed by atoms with Gasteiger partial charge in [0.15, 0.2) is 0 Å². The number of hydrogen-bond acceptors (Lipinski definition) is 4. The quantitative estimate of drug-likeness (QED) is 0.704. The Balaban J connectivity index is 1.41. The first-order chi connectivity index (χ1) is 13.7. The molecule has 150 valence electrons. The molecular weight excluding hydrogens is 370 g/mol. The molecule has 28 heavy (non-hydrogen) atoms. The molecule has 1 aromatic carbocycles. The van der Waals surface area contributed by atoms with E-state index in [9.17, 15) is 9.59 Å². The van der Waals surface area contributed by atoms with Gasteiger partial charge in [0.2, 0.25) is 11.8 Å². The van der Waals surface area contributed by atoms with Gasteiger partial charge in [0, 0.05) is 37.9 Å². The van der Waals surface area contributed by atoms with Gasteiger partial charge in [-0.25, -0.2) is 4.98 Å². The minimum absolute atomic E-state index is 0.0628. The third kappa shape index (κ3) is 5.89. The van der Waals surface area contributed by atoms with Crippen molar-refractivity contribution >= 4 is 23.2 Å². The number of nitrogens with zero attached hydrogens (tertiary/aromatic N) is 2. The van der Waals surface area contributed by atoms with Crippen LogP contribution in [0.4, 0.5) is 0 Å². The van der Waals surface area contributed by atoms with Crippen LogP contribution in [-0.4, -0.2) is 41.3 Å². The molecule has 3 rings (SSSR count). The summed E-state index contributed by atoms with van der Waals surface area (Å²) in [6, 6.07) is 10.3. The van der Waals surface area contributed by atoms with Crippen molar-refractivity contribution in [3.63, 3.8) is 0 Å². The summed E-state index contributed by atoms with van der Waals surface area (Å²) >= 11 is 1.65. The van der Waals surface area contributed by atoms with Crippen LogP contribution in [0.2, 0.25) is 0 Å². The number of likely N-dealkylation sites (tertiary alicyclic amines) is 1. The monoisotopic (exact) mass is 399 g/mol. The van der Waals surface area contributed by atoms with Gasteiger partial charge in [-0.3, -0.25) is 9.59 Å². The average molecular weight is 400 g/mol. The highest BCUT2D eigenvalue weighted by atomic mass is 32.1. The summed E-state index contributed by atoms with van der Waals surface area (Å²) in [7, 11) is 0. The van der Waals surface area contributed by atoms with Gasteiger partial charge in [0.25, 0.3) is 0 Å². The minimum Gasteiger partial charge on any atom is -0.355 e. The van der Waals surface area contributed by atoms with E-state index < -0.39 is 0 Å². The lowest BCUT2D eigenvalue weighted by atomic mass is 9.96. The van der Waals surface area contributed by atoms with Crippen molar-refractivity contribution in [2.75, 3.05) is 19.6 Å². The van der Waals surface area contributed by atoms with E-state index in [0.29, 0.717) is 25.9 Å². The molecule has 1 atom stereocenters. The molecule has 0 bridgehead atoms. The van der Waals surface area contributed by atoms with Crippen LogP contribution in [0.1, 0.15) is 42.5 Å². The predicted octanol–water partition coefficient (Wildman–Crippen LogP) is 3.24. The van der Waals surface area contributed by atoms with Gasteiger partial charge in [0.05, 0.1) is 16.6 Å². The number of rotatable bonds is 9.